The van der Waals surface area contributed by atoms with Gasteiger partial charge in [0.2, 0.25) is 5.88 Å². The van der Waals surface area contributed by atoms with Crippen LogP contribution in [0.2, 0.25) is 0 Å². The van der Waals surface area contributed by atoms with Crippen LogP contribution in [-0.2, 0) is 6.18 Å². The molecule has 37 heavy (non-hydrogen) atoms. The zero-order chi connectivity index (χ0) is 26.2. The van der Waals surface area contributed by atoms with Crippen molar-refractivity contribution >= 4 is 23.4 Å². The van der Waals surface area contributed by atoms with Gasteiger partial charge in [0, 0.05) is 18.7 Å². The second kappa shape index (κ2) is 9.78. The Labute approximate surface area is 208 Å². The van der Waals surface area contributed by atoms with Crippen LogP contribution >= 0.6 is 0 Å². The molecule has 3 N–H and O–H groups in total. The number of aliphatic hydroxyl groups excluding tert-OH is 2. The third kappa shape index (κ3) is 5.11. The molecule has 3 aromatic rings. The normalized spacial score (nSPS) is 17.4. The number of nitrogens with one attached hydrogen (secondary N) is 1. The maximum atomic E-state index is 13.3. The Kier molecular flexibility index (Phi) is 6.52. The summed E-state index contributed by atoms with van der Waals surface area (Å²) >= 11 is 0. The van der Waals surface area contributed by atoms with Gasteiger partial charge in [-0.05, 0) is 18.6 Å². The molecule has 1 aromatic carbocycles. The summed E-state index contributed by atoms with van der Waals surface area (Å²) in [5.74, 6) is 0.587. The summed E-state index contributed by atoms with van der Waals surface area (Å²) in [5.41, 5.74) is -0.0304. The summed E-state index contributed by atoms with van der Waals surface area (Å²) in [6.45, 7) is 0.613. The largest absolute Gasteiger partial charge is 0.474 e. The van der Waals surface area contributed by atoms with Crippen molar-refractivity contribution in [1.29, 1.82) is 0 Å². The lowest BCUT2D eigenvalue weighted by Crippen LogP contribution is -2.48. The molecule has 2 aliphatic heterocycles. The lowest BCUT2D eigenvalue weighted by Gasteiger charge is -2.35. The second-order valence-corrected chi connectivity index (χ2v) is 8.56. The van der Waals surface area contributed by atoms with E-state index in [2.05, 4.69) is 25.3 Å². The number of nitrogens with zero attached hydrogens (tertiary/aromatic N) is 6. The molecule has 1 saturated heterocycles. The highest BCUT2D eigenvalue weighted by molar-refractivity contribution is 6.04. The van der Waals surface area contributed by atoms with Crippen LogP contribution in [0, 0.1) is 0 Å². The smallest absolute Gasteiger partial charge is 0.416 e. The number of amides is 2. The third-order valence-corrected chi connectivity index (χ3v) is 6.01. The van der Waals surface area contributed by atoms with E-state index in [1.807, 2.05) is 4.90 Å². The van der Waals surface area contributed by atoms with E-state index < -0.39 is 30.5 Å². The summed E-state index contributed by atoms with van der Waals surface area (Å²) in [7, 11) is 0. The SMILES string of the molecule is O=C(Nc1cnc(OC[C@H](O)CO)cn1)N1c2nc(-c3cccc(C(F)(F)F)c3)ncc2N2CC[C@H]1C2. The highest BCUT2D eigenvalue weighted by Crippen LogP contribution is 2.40. The van der Waals surface area contributed by atoms with Gasteiger partial charge in [0.05, 0.1) is 42.5 Å². The van der Waals surface area contributed by atoms with Crippen LogP contribution in [0.1, 0.15) is 12.0 Å². The Morgan fingerprint density at radius 1 is 1.22 bits per heavy atom. The molecular formula is C23H22F3N7O4. The van der Waals surface area contributed by atoms with Crippen molar-refractivity contribution in [2.75, 3.05) is 41.4 Å². The van der Waals surface area contributed by atoms with Gasteiger partial charge in [-0.25, -0.2) is 24.7 Å². The Bertz CT molecular complexity index is 1290. The highest BCUT2D eigenvalue weighted by Gasteiger charge is 2.41. The molecule has 2 atom stereocenters. The number of carbonyl (C=O) groups excluding carboxylic acids is 1. The predicted molar refractivity (Wildman–Crippen MR) is 125 cm³/mol. The molecule has 0 radical (unpaired) electrons. The predicted octanol–water partition coefficient (Wildman–Crippen LogP) is 2.32. The quantitative estimate of drug-likeness (QED) is 0.450. The van der Waals surface area contributed by atoms with Crippen LogP contribution in [-0.4, -0.2) is 74.6 Å². The first kappa shape index (κ1) is 24.6. The van der Waals surface area contributed by atoms with Gasteiger partial charge in [-0.15, -0.1) is 0 Å². The second-order valence-electron chi connectivity index (χ2n) is 8.56. The molecule has 1 fully saturated rings. The number of hydrogen-bond donors (Lipinski definition) is 3. The Morgan fingerprint density at radius 3 is 2.78 bits per heavy atom. The Morgan fingerprint density at radius 2 is 2.05 bits per heavy atom. The summed E-state index contributed by atoms with van der Waals surface area (Å²) in [6, 6.07) is 3.99. The fourth-order valence-electron chi connectivity index (χ4n) is 4.21. The zero-order valence-corrected chi connectivity index (χ0v) is 19.3. The van der Waals surface area contributed by atoms with E-state index in [1.165, 1.54) is 35.6 Å². The lowest BCUT2D eigenvalue weighted by molar-refractivity contribution is -0.137. The van der Waals surface area contributed by atoms with Crippen molar-refractivity contribution in [2.45, 2.75) is 24.7 Å². The first-order chi connectivity index (χ1) is 17.7. The van der Waals surface area contributed by atoms with E-state index in [0.717, 1.165) is 12.1 Å². The van der Waals surface area contributed by atoms with Gasteiger partial charge >= 0.3 is 12.2 Å². The van der Waals surface area contributed by atoms with Gasteiger partial charge in [0.15, 0.2) is 17.5 Å². The van der Waals surface area contributed by atoms with Gasteiger partial charge < -0.3 is 19.8 Å². The number of carbonyl (C=O) groups is 1. The number of urea groups is 1. The first-order valence-corrected chi connectivity index (χ1v) is 11.4. The summed E-state index contributed by atoms with van der Waals surface area (Å²) in [6.07, 6.45) is -0.843. The summed E-state index contributed by atoms with van der Waals surface area (Å²) in [4.78, 5) is 33.7. The van der Waals surface area contributed by atoms with E-state index in [-0.39, 0.29) is 35.7 Å². The molecule has 2 aromatic heterocycles. The van der Waals surface area contributed by atoms with E-state index in [9.17, 15) is 23.1 Å². The maximum Gasteiger partial charge on any atom is 0.416 e. The van der Waals surface area contributed by atoms with Crippen LogP contribution in [0.5, 0.6) is 5.88 Å². The van der Waals surface area contributed by atoms with Gasteiger partial charge in [-0.2, -0.15) is 13.2 Å². The van der Waals surface area contributed by atoms with Crippen molar-refractivity contribution in [2.24, 2.45) is 0 Å². The van der Waals surface area contributed by atoms with Crippen LogP contribution in [0.4, 0.5) is 35.3 Å². The lowest BCUT2D eigenvalue weighted by atomic mass is 10.1. The van der Waals surface area contributed by atoms with Crippen LogP contribution in [0.25, 0.3) is 11.4 Å². The van der Waals surface area contributed by atoms with Crippen molar-refractivity contribution in [1.82, 2.24) is 19.9 Å². The first-order valence-electron chi connectivity index (χ1n) is 11.4. The molecule has 2 amide bonds. The molecular weight excluding hydrogens is 495 g/mol. The van der Waals surface area contributed by atoms with Crippen LogP contribution in [0.15, 0.2) is 42.9 Å². The van der Waals surface area contributed by atoms with Gasteiger partial charge in [-0.3, -0.25) is 10.2 Å². The number of aromatic nitrogens is 4. The van der Waals surface area contributed by atoms with Crippen LogP contribution in [0.3, 0.4) is 0 Å². The number of ether oxygens (including phenoxy) is 1. The highest BCUT2D eigenvalue weighted by atomic mass is 19.4. The molecule has 0 aliphatic carbocycles. The molecule has 0 spiro atoms. The molecule has 0 saturated carbocycles. The Balaban J connectivity index is 1.39. The fourth-order valence-corrected chi connectivity index (χ4v) is 4.21. The molecule has 5 rings (SSSR count). The van der Waals surface area contributed by atoms with Gasteiger partial charge in [0.1, 0.15) is 12.7 Å². The number of fused-ring (bicyclic) bond motifs is 4. The van der Waals surface area contributed by atoms with E-state index >= 15 is 0 Å². The van der Waals surface area contributed by atoms with E-state index in [4.69, 9.17) is 9.84 Å². The number of benzene rings is 1. The summed E-state index contributed by atoms with van der Waals surface area (Å²) in [5, 5.41) is 20.9. The number of alkyl halides is 3. The molecule has 14 heteroatoms. The average Bonchev–Trinajstić information content (AvgIpc) is 3.31. The number of aliphatic hydroxyl groups is 2. The molecule has 2 bridgehead atoms. The number of anilines is 3. The number of rotatable bonds is 6. The van der Waals surface area contributed by atoms with Gasteiger partial charge in [-0.1, -0.05) is 12.1 Å². The number of hydrogen-bond acceptors (Lipinski definition) is 9. The van der Waals surface area contributed by atoms with Crippen molar-refractivity contribution in [3.05, 3.63) is 48.4 Å². The minimum atomic E-state index is -4.51. The fraction of sp³-hybridized carbons (Fsp3) is 0.348. The minimum absolute atomic E-state index is 0.0662. The summed E-state index contributed by atoms with van der Waals surface area (Å²) < 4.78 is 44.8. The topological polar surface area (TPSA) is 137 Å². The van der Waals surface area contributed by atoms with E-state index in [0.29, 0.717) is 31.0 Å². The molecule has 2 aliphatic rings. The number of halogens is 3. The average molecular weight is 517 g/mol. The van der Waals surface area contributed by atoms with Crippen LogP contribution < -0.4 is 19.9 Å². The van der Waals surface area contributed by atoms with Gasteiger partial charge in [0.25, 0.3) is 0 Å². The van der Waals surface area contributed by atoms with Crippen molar-refractivity contribution in [3.63, 3.8) is 0 Å². The van der Waals surface area contributed by atoms with Crippen molar-refractivity contribution in [3.8, 4) is 17.3 Å². The molecule has 4 heterocycles. The van der Waals surface area contributed by atoms with Crippen molar-refractivity contribution < 1.29 is 32.9 Å². The minimum Gasteiger partial charge on any atom is -0.474 e. The third-order valence-electron chi connectivity index (χ3n) is 6.01. The molecule has 0 unspecified atom stereocenters. The monoisotopic (exact) mass is 517 g/mol. The standard InChI is InChI=1S/C23H22F3N7O4/c24-23(25,26)14-3-1-2-13(6-14)20-29-7-17-21(31-20)33(15-4-5-32(17)10-15)22(36)30-18-8-28-19(9-27-18)37-12-16(35)11-34/h1-3,6-9,15-16,34-35H,4-5,10-12H2,(H,27,30,36)/t15-,16+/m0/s1. The Hall–Kier alpha value is -4.04. The zero-order valence-electron chi connectivity index (χ0n) is 19.3. The maximum absolute atomic E-state index is 13.3. The van der Waals surface area contributed by atoms with E-state index in [1.54, 1.807) is 0 Å². The molecule has 194 valence electrons. The molecule has 11 nitrogen and oxygen atoms in total.